The third-order valence-electron chi connectivity index (χ3n) is 3.46. The van der Waals surface area contributed by atoms with Gasteiger partial charge in [-0.1, -0.05) is 6.07 Å². The smallest absolute Gasteiger partial charge is 0.416 e. The first-order valence-electron chi connectivity index (χ1n) is 7.61. The molecule has 1 N–H and O–H groups in total. The molecule has 2 aromatic rings. The van der Waals surface area contributed by atoms with Crippen molar-refractivity contribution in [2.24, 2.45) is 0 Å². The van der Waals surface area contributed by atoms with Gasteiger partial charge in [0, 0.05) is 23.9 Å². The van der Waals surface area contributed by atoms with Crippen molar-refractivity contribution in [3.05, 3.63) is 48.0 Å². The van der Waals surface area contributed by atoms with Crippen LogP contribution < -0.4 is 19.5 Å². The van der Waals surface area contributed by atoms with Crippen LogP contribution in [0.15, 0.2) is 42.5 Å². The Bertz CT molecular complexity index is 755. The van der Waals surface area contributed by atoms with E-state index in [1.54, 1.807) is 18.2 Å². The average Bonchev–Trinajstić information content (AvgIpc) is 2.60. The molecule has 0 saturated carbocycles. The van der Waals surface area contributed by atoms with Gasteiger partial charge in [-0.05, 0) is 25.1 Å². The zero-order chi connectivity index (χ0) is 19.3. The number of amides is 1. The van der Waals surface area contributed by atoms with E-state index in [1.807, 2.05) is 0 Å². The predicted molar refractivity (Wildman–Crippen MR) is 89.7 cm³/mol. The predicted octanol–water partition coefficient (Wildman–Crippen LogP) is 4.13. The number of halogens is 3. The highest BCUT2D eigenvalue weighted by molar-refractivity contribution is 5.94. The minimum absolute atomic E-state index is 0.0503. The van der Waals surface area contributed by atoms with E-state index in [2.05, 4.69) is 5.32 Å². The Morgan fingerprint density at radius 1 is 1.00 bits per heavy atom. The van der Waals surface area contributed by atoms with Gasteiger partial charge in [0.2, 0.25) is 0 Å². The molecule has 0 radical (unpaired) electrons. The summed E-state index contributed by atoms with van der Waals surface area (Å²) in [6.07, 6.45) is -5.50. The fraction of sp³-hybridized carbons (Fsp3) is 0.278. The quantitative estimate of drug-likeness (QED) is 0.832. The molecule has 0 bridgehead atoms. The molecule has 0 aromatic heterocycles. The number of hydrogen-bond acceptors (Lipinski definition) is 4. The van der Waals surface area contributed by atoms with Crippen molar-refractivity contribution >= 4 is 11.6 Å². The number of nitrogens with one attached hydrogen (secondary N) is 1. The molecule has 0 aliphatic rings. The monoisotopic (exact) mass is 369 g/mol. The number of benzene rings is 2. The third-order valence-corrected chi connectivity index (χ3v) is 3.46. The molecule has 0 heterocycles. The van der Waals surface area contributed by atoms with Crippen LogP contribution in [0.1, 0.15) is 12.5 Å². The molecular weight excluding hydrogens is 351 g/mol. The van der Waals surface area contributed by atoms with Crippen LogP contribution in [0.4, 0.5) is 18.9 Å². The Labute approximate surface area is 148 Å². The Hall–Kier alpha value is -2.90. The van der Waals surface area contributed by atoms with Crippen LogP contribution in [0.3, 0.4) is 0 Å². The van der Waals surface area contributed by atoms with Crippen LogP contribution >= 0.6 is 0 Å². The van der Waals surface area contributed by atoms with E-state index < -0.39 is 23.8 Å². The van der Waals surface area contributed by atoms with Crippen molar-refractivity contribution in [1.29, 1.82) is 0 Å². The Morgan fingerprint density at radius 3 is 2.15 bits per heavy atom. The second-order valence-corrected chi connectivity index (χ2v) is 5.38. The van der Waals surface area contributed by atoms with Crippen LogP contribution in [0.25, 0.3) is 0 Å². The summed E-state index contributed by atoms with van der Waals surface area (Å²) in [4.78, 5) is 12.3. The Morgan fingerprint density at radius 2 is 1.62 bits per heavy atom. The van der Waals surface area contributed by atoms with E-state index in [4.69, 9.17) is 14.2 Å². The highest BCUT2D eigenvalue weighted by Crippen LogP contribution is 2.31. The summed E-state index contributed by atoms with van der Waals surface area (Å²) in [5.74, 6) is 0.376. The van der Waals surface area contributed by atoms with Gasteiger partial charge in [-0.15, -0.1) is 0 Å². The Balaban J connectivity index is 2.09. The number of alkyl halides is 3. The van der Waals surface area contributed by atoms with Crippen LogP contribution in [-0.2, 0) is 11.0 Å². The van der Waals surface area contributed by atoms with E-state index in [-0.39, 0.29) is 5.75 Å². The van der Waals surface area contributed by atoms with Gasteiger partial charge >= 0.3 is 6.18 Å². The van der Waals surface area contributed by atoms with Gasteiger partial charge < -0.3 is 19.5 Å². The highest BCUT2D eigenvalue weighted by atomic mass is 19.4. The van der Waals surface area contributed by atoms with Gasteiger partial charge in [0.15, 0.2) is 6.10 Å². The first-order valence-corrected chi connectivity index (χ1v) is 7.61. The van der Waals surface area contributed by atoms with E-state index in [9.17, 15) is 18.0 Å². The number of carbonyl (C=O) groups is 1. The molecule has 0 aliphatic carbocycles. The summed E-state index contributed by atoms with van der Waals surface area (Å²) >= 11 is 0. The maximum absolute atomic E-state index is 12.7. The SMILES string of the molecule is COc1cc(NC(=O)[C@H](C)Oc2cccc(C(F)(F)F)c2)cc(OC)c1. The number of ether oxygens (including phenoxy) is 3. The number of hydrogen-bond donors (Lipinski definition) is 1. The summed E-state index contributed by atoms with van der Waals surface area (Å²) < 4.78 is 53.8. The van der Waals surface area contributed by atoms with Gasteiger partial charge in [-0.3, -0.25) is 4.79 Å². The molecule has 26 heavy (non-hydrogen) atoms. The molecule has 0 unspecified atom stereocenters. The fourth-order valence-electron chi connectivity index (χ4n) is 2.13. The maximum atomic E-state index is 12.7. The van der Waals surface area contributed by atoms with Crippen molar-refractivity contribution in [2.75, 3.05) is 19.5 Å². The second kappa shape index (κ2) is 7.99. The number of anilines is 1. The lowest BCUT2D eigenvalue weighted by molar-refractivity contribution is -0.137. The number of methoxy groups -OCH3 is 2. The normalized spacial score (nSPS) is 12.2. The molecule has 0 aliphatic heterocycles. The van der Waals surface area contributed by atoms with Crippen LogP contribution in [-0.4, -0.2) is 26.2 Å². The first kappa shape index (κ1) is 19.4. The fourth-order valence-corrected chi connectivity index (χ4v) is 2.13. The lowest BCUT2D eigenvalue weighted by Crippen LogP contribution is -2.30. The van der Waals surface area contributed by atoms with Crippen molar-refractivity contribution in [1.82, 2.24) is 0 Å². The molecule has 1 atom stereocenters. The lowest BCUT2D eigenvalue weighted by atomic mass is 10.2. The zero-order valence-electron chi connectivity index (χ0n) is 14.4. The van der Waals surface area contributed by atoms with E-state index in [1.165, 1.54) is 33.3 Å². The van der Waals surface area contributed by atoms with Crippen LogP contribution in [0.2, 0.25) is 0 Å². The molecule has 2 rings (SSSR count). The molecule has 0 fully saturated rings. The third kappa shape index (κ3) is 5.05. The molecular formula is C18H18F3NO4. The van der Waals surface area contributed by atoms with E-state index >= 15 is 0 Å². The minimum atomic E-state index is -4.48. The molecule has 8 heteroatoms. The molecule has 140 valence electrons. The largest absolute Gasteiger partial charge is 0.497 e. The second-order valence-electron chi connectivity index (χ2n) is 5.38. The van der Waals surface area contributed by atoms with Gasteiger partial charge in [0.05, 0.1) is 19.8 Å². The topological polar surface area (TPSA) is 56.8 Å². The lowest BCUT2D eigenvalue weighted by Gasteiger charge is -2.16. The molecule has 1 amide bonds. The summed E-state index contributed by atoms with van der Waals surface area (Å²) in [6, 6.07) is 9.15. The number of carbonyl (C=O) groups excluding carboxylic acids is 1. The maximum Gasteiger partial charge on any atom is 0.416 e. The van der Waals surface area contributed by atoms with Crippen molar-refractivity contribution < 1.29 is 32.2 Å². The van der Waals surface area contributed by atoms with Crippen molar-refractivity contribution in [3.63, 3.8) is 0 Å². The summed E-state index contributed by atoms with van der Waals surface area (Å²) in [6.45, 7) is 1.44. The van der Waals surface area contributed by atoms with Crippen LogP contribution in [0.5, 0.6) is 17.2 Å². The van der Waals surface area contributed by atoms with E-state index in [0.717, 1.165) is 12.1 Å². The standard InChI is InChI=1S/C18H18F3NO4/c1-11(26-14-6-4-5-12(7-14)18(19,20)21)17(23)22-13-8-15(24-2)10-16(9-13)25-3/h4-11H,1-3H3,(H,22,23)/t11-/m0/s1. The average molecular weight is 369 g/mol. The molecule has 5 nitrogen and oxygen atoms in total. The first-order chi connectivity index (χ1) is 12.2. The molecule has 0 spiro atoms. The van der Waals surface area contributed by atoms with E-state index in [0.29, 0.717) is 17.2 Å². The number of rotatable bonds is 6. The van der Waals surface area contributed by atoms with Crippen LogP contribution in [0, 0.1) is 0 Å². The zero-order valence-corrected chi connectivity index (χ0v) is 14.4. The summed E-state index contributed by atoms with van der Waals surface area (Å²) in [5, 5.41) is 2.61. The molecule has 2 aromatic carbocycles. The summed E-state index contributed by atoms with van der Waals surface area (Å²) in [5.41, 5.74) is -0.439. The molecule has 0 saturated heterocycles. The van der Waals surface area contributed by atoms with Gasteiger partial charge in [0.1, 0.15) is 17.2 Å². The van der Waals surface area contributed by atoms with Gasteiger partial charge in [-0.25, -0.2) is 0 Å². The summed E-state index contributed by atoms with van der Waals surface area (Å²) in [7, 11) is 2.94. The van der Waals surface area contributed by atoms with Gasteiger partial charge in [0.25, 0.3) is 5.91 Å². The Kier molecular flexibility index (Phi) is 5.97. The highest BCUT2D eigenvalue weighted by Gasteiger charge is 2.30. The van der Waals surface area contributed by atoms with Gasteiger partial charge in [-0.2, -0.15) is 13.2 Å². The van der Waals surface area contributed by atoms with Crippen molar-refractivity contribution in [3.8, 4) is 17.2 Å². The van der Waals surface area contributed by atoms with Crippen molar-refractivity contribution in [2.45, 2.75) is 19.2 Å². The minimum Gasteiger partial charge on any atom is -0.497 e.